The lowest BCUT2D eigenvalue weighted by atomic mass is 9.92. The number of aromatic nitrogens is 3. The average Bonchev–Trinajstić information content (AvgIpc) is 3.64. The molecule has 3 saturated heterocycles. The summed E-state index contributed by atoms with van der Waals surface area (Å²) < 4.78 is 5.55. The molecule has 1 aromatic carbocycles. The van der Waals surface area contributed by atoms with Crippen molar-refractivity contribution >= 4 is 34.5 Å². The third-order valence-corrected chi connectivity index (χ3v) is 9.81. The Kier molecular flexibility index (Phi) is 9.64. The minimum atomic E-state index is -0.427. The number of nitrogens with one attached hydrogen (secondary N) is 2. The highest BCUT2D eigenvalue weighted by atomic mass is 35.5. The van der Waals surface area contributed by atoms with E-state index in [0.717, 1.165) is 73.5 Å². The average molecular weight is 622 g/mol. The molecule has 3 fully saturated rings. The fourth-order valence-corrected chi connectivity index (χ4v) is 7.24. The Balaban J connectivity index is 0.904. The highest BCUT2D eigenvalue weighted by molar-refractivity contribution is 6.33. The predicted molar refractivity (Wildman–Crippen MR) is 177 cm³/mol. The Morgan fingerprint density at radius 3 is 2.52 bits per heavy atom. The number of ether oxygens (including phenoxy) is 1. The maximum Gasteiger partial charge on any atom is 0.410 e. The maximum atomic E-state index is 12.4. The molecule has 0 saturated carbocycles. The number of carbonyl (C=O) groups is 1. The monoisotopic (exact) mass is 621 g/mol. The summed E-state index contributed by atoms with van der Waals surface area (Å²) in [5, 5.41) is 5.26. The van der Waals surface area contributed by atoms with Crippen molar-refractivity contribution in [1.82, 2.24) is 29.7 Å². The molecule has 5 heterocycles. The molecule has 2 aromatic heterocycles. The van der Waals surface area contributed by atoms with Crippen molar-refractivity contribution in [1.29, 1.82) is 0 Å². The number of H-pyrrole nitrogens is 1. The molecule has 44 heavy (non-hydrogen) atoms. The number of likely N-dealkylation sites (tertiary alicyclic amines) is 3. The van der Waals surface area contributed by atoms with Gasteiger partial charge in [0.1, 0.15) is 5.60 Å². The van der Waals surface area contributed by atoms with E-state index in [1.54, 1.807) is 6.20 Å². The fourth-order valence-electron chi connectivity index (χ4n) is 7.05. The first-order valence-electron chi connectivity index (χ1n) is 16.5. The van der Waals surface area contributed by atoms with Crippen LogP contribution in [0.4, 0.5) is 10.7 Å². The Labute approximate surface area is 266 Å². The number of halogens is 1. The molecule has 238 valence electrons. The van der Waals surface area contributed by atoms with E-state index in [1.807, 2.05) is 44.0 Å². The number of nitrogens with zero attached hydrogens (tertiary/aromatic N) is 5. The van der Waals surface area contributed by atoms with Gasteiger partial charge in [0, 0.05) is 61.4 Å². The number of rotatable bonds is 8. The van der Waals surface area contributed by atoms with Crippen LogP contribution in [0.3, 0.4) is 0 Å². The highest BCUT2D eigenvalue weighted by Crippen LogP contribution is 2.33. The first-order valence-corrected chi connectivity index (χ1v) is 16.9. The minimum absolute atomic E-state index is 0.160. The van der Waals surface area contributed by atoms with Crippen molar-refractivity contribution in [3.63, 3.8) is 0 Å². The Morgan fingerprint density at radius 2 is 1.75 bits per heavy atom. The Bertz CT molecular complexity index is 1410. The lowest BCUT2D eigenvalue weighted by Crippen LogP contribution is -2.42. The van der Waals surface area contributed by atoms with Crippen molar-refractivity contribution in [2.24, 2.45) is 11.8 Å². The van der Waals surface area contributed by atoms with Gasteiger partial charge in [-0.2, -0.15) is 0 Å². The molecule has 1 atom stereocenters. The van der Waals surface area contributed by atoms with E-state index < -0.39 is 5.60 Å². The third kappa shape index (κ3) is 7.85. The SMILES string of the molecule is CC(C)(C)OC(=O)N1CCC(CCN2CCC(CN3CC[C@@H](Nc4ncc(Cl)c(-c5c[nH]c6ccccc56)n4)C3)CC2)CC1. The molecule has 3 aliphatic heterocycles. The van der Waals surface area contributed by atoms with E-state index >= 15 is 0 Å². The second kappa shape index (κ2) is 13.6. The van der Waals surface area contributed by atoms with E-state index in [9.17, 15) is 4.79 Å². The van der Waals surface area contributed by atoms with Crippen LogP contribution in [0.2, 0.25) is 5.02 Å². The molecular weight excluding hydrogens is 574 g/mol. The van der Waals surface area contributed by atoms with Gasteiger partial charge >= 0.3 is 6.09 Å². The zero-order chi connectivity index (χ0) is 30.7. The van der Waals surface area contributed by atoms with Gasteiger partial charge < -0.3 is 29.7 Å². The Hall–Kier alpha value is -2.88. The van der Waals surface area contributed by atoms with Gasteiger partial charge in [0.25, 0.3) is 0 Å². The zero-order valence-electron chi connectivity index (χ0n) is 26.5. The number of anilines is 1. The summed E-state index contributed by atoms with van der Waals surface area (Å²) >= 11 is 6.54. The Morgan fingerprint density at radius 1 is 1.02 bits per heavy atom. The molecule has 0 bridgehead atoms. The summed E-state index contributed by atoms with van der Waals surface area (Å²) in [5.41, 5.74) is 2.40. The van der Waals surface area contributed by atoms with Gasteiger partial charge in [0.05, 0.1) is 16.9 Å². The highest BCUT2D eigenvalue weighted by Gasteiger charge is 2.29. The van der Waals surface area contributed by atoms with Crippen molar-refractivity contribution in [3.05, 3.63) is 41.7 Å². The van der Waals surface area contributed by atoms with Crippen LogP contribution in [0.25, 0.3) is 22.2 Å². The zero-order valence-corrected chi connectivity index (χ0v) is 27.3. The van der Waals surface area contributed by atoms with E-state index in [0.29, 0.717) is 22.9 Å². The number of para-hydroxylation sites is 1. The van der Waals surface area contributed by atoms with Gasteiger partial charge in [-0.1, -0.05) is 29.8 Å². The largest absolute Gasteiger partial charge is 0.444 e. The molecule has 0 aliphatic carbocycles. The molecule has 0 radical (unpaired) electrons. The predicted octanol–water partition coefficient (Wildman–Crippen LogP) is 6.51. The molecule has 9 nitrogen and oxygen atoms in total. The molecule has 3 aromatic rings. The number of aromatic amines is 1. The first kappa shape index (κ1) is 31.1. The lowest BCUT2D eigenvalue weighted by Gasteiger charge is -2.36. The topological polar surface area (TPSA) is 89.6 Å². The second-order valence-electron chi connectivity index (χ2n) is 14.0. The summed E-state index contributed by atoms with van der Waals surface area (Å²) in [6.45, 7) is 14.3. The van der Waals surface area contributed by atoms with Crippen LogP contribution >= 0.6 is 11.6 Å². The maximum absolute atomic E-state index is 12.4. The molecule has 1 amide bonds. The van der Waals surface area contributed by atoms with Gasteiger partial charge in [-0.3, -0.25) is 0 Å². The standard InChI is InChI=1S/C34H48ClN7O2/c1-34(2,3)44-33(43)42-18-11-24(12-19-42)8-14-40-15-9-25(10-16-40)22-41-17-13-26(23-41)38-32-37-21-29(35)31(39-32)28-20-36-30-7-5-4-6-27(28)30/h4-7,20-21,24-26,36H,8-19,22-23H2,1-3H3,(H,37,38,39)/t26-/m1/s1. The van der Waals surface area contributed by atoms with E-state index in [-0.39, 0.29) is 6.09 Å². The number of hydrogen-bond donors (Lipinski definition) is 2. The van der Waals surface area contributed by atoms with Crippen molar-refractivity contribution in [3.8, 4) is 11.3 Å². The normalized spacial score (nSPS) is 21.3. The van der Waals surface area contributed by atoms with Crippen LogP contribution in [0, 0.1) is 11.8 Å². The van der Waals surface area contributed by atoms with Crippen molar-refractivity contribution in [2.75, 3.05) is 57.7 Å². The second-order valence-corrected chi connectivity index (χ2v) is 14.4. The summed E-state index contributed by atoms with van der Waals surface area (Å²) in [6.07, 6.45) is 10.6. The van der Waals surface area contributed by atoms with Crippen LogP contribution in [-0.4, -0.2) is 99.7 Å². The van der Waals surface area contributed by atoms with Gasteiger partial charge in [-0.15, -0.1) is 0 Å². The third-order valence-electron chi connectivity index (χ3n) is 9.54. The van der Waals surface area contributed by atoms with Gasteiger partial charge in [-0.05, 0) is 96.8 Å². The van der Waals surface area contributed by atoms with Gasteiger partial charge in [-0.25, -0.2) is 14.8 Å². The van der Waals surface area contributed by atoms with Gasteiger partial charge in [0.2, 0.25) is 5.95 Å². The number of benzene rings is 1. The van der Waals surface area contributed by atoms with E-state index in [4.69, 9.17) is 21.3 Å². The molecule has 0 spiro atoms. The summed E-state index contributed by atoms with van der Waals surface area (Å²) in [5.74, 6) is 2.12. The quantitative estimate of drug-likeness (QED) is 0.296. The van der Waals surface area contributed by atoms with Crippen molar-refractivity contribution < 1.29 is 9.53 Å². The molecule has 0 unspecified atom stereocenters. The molecule has 2 N–H and O–H groups in total. The van der Waals surface area contributed by atoms with Crippen LogP contribution in [0.15, 0.2) is 36.7 Å². The number of fused-ring (bicyclic) bond motifs is 1. The van der Waals surface area contributed by atoms with Crippen LogP contribution < -0.4 is 5.32 Å². The smallest absolute Gasteiger partial charge is 0.410 e. The number of hydrogen-bond acceptors (Lipinski definition) is 7. The number of carbonyl (C=O) groups excluding carboxylic acids is 1. The van der Waals surface area contributed by atoms with Crippen LogP contribution in [0.5, 0.6) is 0 Å². The number of amides is 1. The molecule has 6 rings (SSSR count). The van der Waals surface area contributed by atoms with E-state index in [2.05, 4.69) is 37.2 Å². The molecule has 3 aliphatic rings. The van der Waals surface area contributed by atoms with Gasteiger partial charge in [0.15, 0.2) is 0 Å². The summed E-state index contributed by atoms with van der Waals surface area (Å²) in [4.78, 5) is 32.2. The lowest BCUT2D eigenvalue weighted by molar-refractivity contribution is 0.0176. The van der Waals surface area contributed by atoms with Crippen LogP contribution in [0.1, 0.15) is 59.3 Å². The number of piperidine rings is 2. The minimum Gasteiger partial charge on any atom is -0.444 e. The van der Waals surface area contributed by atoms with Crippen molar-refractivity contribution in [2.45, 2.75) is 70.9 Å². The van der Waals surface area contributed by atoms with Crippen LogP contribution in [-0.2, 0) is 4.74 Å². The first-order chi connectivity index (χ1) is 21.2. The summed E-state index contributed by atoms with van der Waals surface area (Å²) in [6, 6.07) is 8.55. The summed E-state index contributed by atoms with van der Waals surface area (Å²) in [7, 11) is 0. The molecule has 10 heteroatoms. The fraction of sp³-hybridized carbons (Fsp3) is 0.618. The molecular formula is C34H48ClN7O2. The van der Waals surface area contributed by atoms with E-state index in [1.165, 1.54) is 45.4 Å².